The molecule has 26 heavy (non-hydrogen) atoms. The molecule has 3 nitrogen and oxygen atoms in total. The summed E-state index contributed by atoms with van der Waals surface area (Å²) in [4.78, 5) is 12.5. The lowest BCUT2D eigenvalue weighted by atomic mass is 10.1. The Kier molecular flexibility index (Phi) is 5.82. The zero-order valence-electron chi connectivity index (χ0n) is 14.1. The first-order chi connectivity index (χ1) is 12.5. The summed E-state index contributed by atoms with van der Waals surface area (Å²) in [5.41, 5.74) is 3.01. The SMILES string of the molecule is Cc1ccc(Cl)cc1NC(=O)c1cccc(OCc2ccccc2Cl)c1. The van der Waals surface area contributed by atoms with Gasteiger partial charge in [0, 0.05) is 26.9 Å². The average molecular weight is 386 g/mol. The van der Waals surface area contributed by atoms with Crippen LogP contribution >= 0.6 is 23.2 Å². The van der Waals surface area contributed by atoms with Gasteiger partial charge in [-0.15, -0.1) is 0 Å². The van der Waals surface area contributed by atoms with Crippen LogP contribution in [-0.2, 0) is 6.61 Å². The van der Waals surface area contributed by atoms with E-state index in [0.29, 0.717) is 33.7 Å². The molecule has 0 aromatic heterocycles. The number of benzene rings is 3. The fourth-order valence-corrected chi connectivity index (χ4v) is 2.79. The normalized spacial score (nSPS) is 10.4. The fourth-order valence-electron chi connectivity index (χ4n) is 2.43. The van der Waals surface area contributed by atoms with Crippen molar-refractivity contribution in [1.29, 1.82) is 0 Å². The molecule has 0 aliphatic rings. The van der Waals surface area contributed by atoms with Crippen molar-refractivity contribution in [3.8, 4) is 5.75 Å². The van der Waals surface area contributed by atoms with Crippen LogP contribution in [0.3, 0.4) is 0 Å². The molecule has 0 aliphatic heterocycles. The van der Waals surface area contributed by atoms with E-state index in [9.17, 15) is 4.79 Å². The van der Waals surface area contributed by atoms with E-state index in [-0.39, 0.29) is 5.91 Å². The summed E-state index contributed by atoms with van der Waals surface area (Å²) in [7, 11) is 0. The Bertz CT molecular complexity index is 941. The summed E-state index contributed by atoms with van der Waals surface area (Å²) in [5.74, 6) is 0.374. The summed E-state index contributed by atoms with van der Waals surface area (Å²) < 4.78 is 5.77. The van der Waals surface area contributed by atoms with E-state index in [2.05, 4.69) is 5.32 Å². The molecule has 5 heteroatoms. The lowest BCUT2D eigenvalue weighted by Gasteiger charge is -2.11. The van der Waals surface area contributed by atoms with E-state index in [1.165, 1.54) is 0 Å². The molecule has 1 amide bonds. The second-order valence-electron chi connectivity index (χ2n) is 5.82. The monoisotopic (exact) mass is 385 g/mol. The van der Waals surface area contributed by atoms with Gasteiger partial charge in [-0.1, -0.05) is 53.5 Å². The molecule has 3 rings (SSSR count). The van der Waals surface area contributed by atoms with Gasteiger partial charge in [-0.05, 0) is 48.9 Å². The second-order valence-corrected chi connectivity index (χ2v) is 6.66. The van der Waals surface area contributed by atoms with E-state index in [1.54, 1.807) is 36.4 Å². The Morgan fingerprint density at radius 2 is 1.81 bits per heavy atom. The van der Waals surface area contributed by atoms with Crippen molar-refractivity contribution in [2.75, 3.05) is 5.32 Å². The fraction of sp³-hybridized carbons (Fsp3) is 0.0952. The maximum atomic E-state index is 12.5. The van der Waals surface area contributed by atoms with Crippen LogP contribution in [0.5, 0.6) is 5.75 Å². The van der Waals surface area contributed by atoms with Crippen LogP contribution in [0.4, 0.5) is 5.69 Å². The van der Waals surface area contributed by atoms with E-state index < -0.39 is 0 Å². The lowest BCUT2D eigenvalue weighted by molar-refractivity contribution is 0.102. The topological polar surface area (TPSA) is 38.3 Å². The van der Waals surface area contributed by atoms with Gasteiger partial charge in [-0.3, -0.25) is 4.79 Å². The first-order valence-corrected chi connectivity index (χ1v) is 8.82. The molecule has 0 atom stereocenters. The van der Waals surface area contributed by atoms with E-state index in [0.717, 1.165) is 11.1 Å². The van der Waals surface area contributed by atoms with E-state index >= 15 is 0 Å². The highest BCUT2D eigenvalue weighted by atomic mass is 35.5. The first-order valence-electron chi connectivity index (χ1n) is 8.07. The zero-order chi connectivity index (χ0) is 18.5. The van der Waals surface area contributed by atoms with Crippen molar-refractivity contribution in [1.82, 2.24) is 0 Å². The molecule has 3 aromatic rings. The highest BCUT2D eigenvalue weighted by Gasteiger charge is 2.10. The molecule has 3 aromatic carbocycles. The number of rotatable bonds is 5. The van der Waals surface area contributed by atoms with Gasteiger partial charge in [0.1, 0.15) is 12.4 Å². The van der Waals surface area contributed by atoms with Gasteiger partial charge >= 0.3 is 0 Å². The van der Waals surface area contributed by atoms with Crippen molar-refractivity contribution in [2.45, 2.75) is 13.5 Å². The molecule has 0 radical (unpaired) electrons. The highest BCUT2D eigenvalue weighted by Crippen LogP contribution is 2.23. The standard InChI is InChI=1S/C21H17Cl2NO2/c1-14-9-10-17(22)12-20(14)24-21(25)15-6-4-7-18(11-15)26-13-16-5-2-3-8-19(16)23/h2-12H,13H2,1H3,(H,24,25). The van der Waals surface area contributed by atoms with Gasteiger partial charge in [0.25, 0.3) is 5.91 Å². The van der Waals surface area contributed by atoms with Crippen LogP contribution in [0.25, 0.3) is 0 Å². The number of halogens is 2. The van der Waals surface area contributed by atoms with E-state index in [1.807, 2.05) is 37.3 Å². The number of carbonyl (C=O) groups excluding carboxylic acids is 1. The van der Waals surface area contributed by atoms with Gasteiger partial charge in [0.15, 0.2) is 0 Å². The van der Waals surface area contributed by atoms with Crippen molar-refractivity contribution in [3.63, 3.8) is 0 Å². The smallest absolute Gasteiger partial charge is 0.255 e. The molecule has 0 saturated carbocycles. The van der Waals surface area contributed by atoms with Crippen molar-refractivity contribution < 1.29 is 9.53 Å². The van der Waals surface area contributed by atoms with Gasteiger partial charge < -0.3 is 10.1 Å². The summed E-state index contributed by atoms with van der Waals surface area (Å²) in [5, 5.41) is 4.10. The average Bonchev–Trinajstić information content (AvgIpc) is 2.64. The Balaban J connectivity index is 1.71. The lowest BCUT2D eigenvalue weighted by Crippen LogP contribution is -2.13. The van der Waals surface area contributed by atoms with Crippen molar-refractivity contribution in [3.05, 3.63) is 93.5 Å². The minimum atomic E-state index is -0.224. The predicted molar refractivity (Wildman–Crippen MR) is 106 cm³/mol. The third-order valence-corrected chi connectivity index (χ3v) is 4.50. The van der Waals surface area contributed by atoms with Gasteiger partial charge in [-0.25, -0.2) is 0 Å². The summed E-state index contributed by atoms with van der Waals surface area (Å²) in [6.45, 7) is 2.24. The van der Waals surface area contributed by atoms with Crippen LogP contribution < -0.4 is 10.1 Å². The minimum absolute atomic E-state index is 0.224. The number of ether oxygens (including phenoxy) is 1. The number of anilines is 1. The number of amides is 1. The molecular formula is C21H17Cl2NO2. The third-order valence-electron chi connectivity index (χ3n) is 3.90. The molecule has 0 spiro atoms. The number of aryl methyl sites for hydroxylation is 1. The second kappa shape index (κ2) is 8.26. The molecule has 1 N–H and O–H groups in total. The van der Waals surface area contributed by atoms with Crippen LogP contribution in [0.15, 0.2) is 66.7 Å². The van der Waals surface area contributed by atoms with E-state index in [4.69, 9.17) is 27.9 Å². The summed E-state index contributed by atoms with van der Waals surface area (Å²) in [6.07, 6.45) is 0. The van der Waals surface area contributed by atoms with Crippen LogP contribution in [0.2, 0.25) is 10.0 Å². The number of carbonyl (C=O) groups is 1. The van der Waals surface area contributed by atoms with Gasteiger partial charge in [-0.2, -0.15) is 0 Å². The number of hydrogen-bond acceptors (Lipinski definition) is 2. The van der Waals surface area contributed by atoms with Crippen LogP contribution in [0, 0.1) is 6.92 Å². The number of nitrogens with one attached hydrogen (secondary N) is 1. The molecule has 0 saturated heterocycles. The predicted octanol–water partition coefficient (Wildman–Crippen LogP) is 6.13. The summed E-state index contributed by atoms with van der Waals surface area (Å²) >= 11 is 12.1. The van der Waals surface area contributed by atoms with Gasteiger partial charge in [0.05, 0.1) is 0 Å². The minimum Gasteiger partial charge on any atom is -0.489 e. The molecular weight excluding hydrogens is 369 g/mol. The van der Waals surface area contributed by atoms with Gasteiger partial charge in [0.2, 0.25) is 0 Å². The summed E-state index contributed by atoms with van der Waals surface area (Å²) in [6, 6.07) is 19.9. The van der Waals surface area contributed by atoms with Crippen LogP contribution in [0.1, 0.15) is 21.5 Å². The quantitative estimate of drug-likeness (QED) is 0.573. The molecule has 0 unspecified atom stereocenters. The molecule has 0 fully saturated rings. The van der Waals surface area contributed by atoms with Crippen LogP contribution in [-0.4, -0.2) is 5.91 Å². The first kappa shape index (κ1) is 18.3. The van der Waals surface area contributed by atoms with Crippen molar-refractivity contribution >= 4 is 34.8 Å². The zero-order valence-corrected chi connectivity index (χ0v) is 15.6. The molecule has 0 bridgehead atoms. The highest BCUT2D eigenvalue weighted by molar-refractivity contribution is 6.31. The molecule has 132 valence electrons. The Morgan fingerprint density at radius 3 is 2.62 bits per heavy atom. The number of hydrogen-bond donors (Lipinski definition) is 1. The Hall–Kier alpha value is -2.49. The third kappa shape index (κ3) is 4.57. The Labute approximate surface area is 162 Å². The van der Waals surface area contributed by atoms with Crippen molar-refractivity contribution in [2.24, 2.45) is 0 Å². The maximum Gasteiger partial charge on any atom is 0.255 e. The molecule has 0 heterocycles. The maximum absolute atomic E-state index is 12.5. The Morgan fingerprint density at radius 1 is 1.00 bits per heavy atom. The largest absolute Gasteiger partial charge is 0.489 e. The molecule has 0 aliphatic carbocycles.